The number of hydrogen-bond donors (Lipinski definition) is 2. The Morgan fingerprint density at radius 1 is 1.00 bits per heavy atom. The molecule has 0 saturated heterocycles. The molecule has 3 aromatic rings. The predicted molar refractivity (Wildman–Crippen MR) is 103 cm³/mol. The molecular formula is C20H19FN4O. The summed E-state index contributed by atoms with van der Waals surface area (Å²) in [6.07, 6.45) is 1.53. The first kappa shape index (κ1) is 17.4. The van der Waals surface area contributed by atoms with E-state index in [0.29, 0.717) is 0 Å². The minimum absolute atomic E-state index is 0.122. The lowest BCUT2D eigenvalue weighted by Crippen LogP contribution is -2.14. The van der Waals surface area contributed by atoms with Crippen LogP contribution in [0.1, 0.15) is 10.5 Å². The zero-order valence-electron chi connectivity index (χ0n) is 14.5. The van der Waals surface area contributed by atoms with E-state index in [1.54, 1.807) is 24.3 Å². The first-order chi connectivity index (χ1) is 12.5. The number of halogens is 1. The van der Waals surface area contributed by atoms with Gasteiger partial charge < -0.3 is 15.5 Å². The first-order valence-electron chi connectivity index (χ1n) is 8.09. The second-order valence-electron chi connectivity index (χ2n) is 5.93. The van der Waals surface area contributed by atoms with Crippen LogP contribution >= 0.6 is 0 Å². The standard InChI is InChI=1S/C20H19FN4O/c1-25(2)16-9-7-14(8-10-16)23-15-11-12-22-19(13-15)20(26)24-18-6-4-3-5-17(18)21/h3-13H,1-2H3,(H,22,23)(H,24,26). The second-order valence-corrected chi connectivity index (χ2v) is 5.93. The number of nitrogens with zero attached hydrogens (tertiary/aromatic N) is 2. The summed E-state index contributed by atoms with van der Waals surface area (Å²) in [5.74, 6) is -0.960. The van der Waals surface area contributed by atoms with Crippen LogP contribution < -0.4 is 15.5 Å². The Balaban J connectivity index is 1.73. The number of pyridine rings is 1. The van der Waals surface area contributed by atoms with Crippen molar-refractivity contribution >= 4 is 28.7 Å². The van der Waals surface area contributed by atoms with Crippen molar-refractivity contribution in [2.45, 2.75) is 0 Å². The molecule has 0 aliphatic carbocycles. The highest BCUT2D eigenvalue weighted by atomic mass is 19.1. The van der Waals surface area contributed by atoms with Crippen molar-refractivity contribution < 1.29 is 9.18 Å². The number of benzene rings is 2. The molecule has 2 aromatic carbocycles. The van der Waals surface area contributed by atoms with Crippen LogP contribution in [0.3, 0.4) is 0 Å². The Labute approximate surface area is 151 Å². The zero-order chi connectivity index (χ0) is 18.5. The molecular weight excluding hydrogens is 331 g/mol. The summed E-state index contributed by atoms with van der Waals surface area (Å²) in [5.41, 5.74) is 3.02. The van der Waals surface area contributed by atoms with Gasteiger partial charge in [0.15, 0.2) is 0 Å². The third kappa shape index (κ3) is 4.16. The van der Waals surface area contributed by atoms with Crippen molar-refractivity contribution in [3.8, 4) is 0 Å². The van der Waals surface area contributed by atoms with E-state index in [9.17, 15) is 9.18 Å². The van der Waals surface area contributed by atoms with Gasteiger partial charge >= 0.3 is 0 Å². The molecule has 0 saturated carbocycles. The van der Waals surface area contributed by atoms with Crippen LogP contribution in [0.5, 0.6) is 0 Å². The molecule has 3 rings (SSSR count). The normalized spacial score (nSPS) is 10.3. The number of carbonyl (C=O) groups excluding carboxylic acids is 1. The molecule has 0 radical (unpaired) electrons. The van der Waals surface area contributed by atoms with Crippen molar-refractivity contribution in [1.82, 2.24) is 4.98 Å². The van der Waals surface area contributed by atoms with Gasteiger partial charge in [0.25, 0.3) is 5.91 Å². The van der Waals surface area contributed by atoms with E-state index >= 15 is 0 Å². The van der Waals surface area contributed by atoms with Crippen molar-refractivity contribution in [3.63, 3.8) is 0 Å². The SMILES string of the molecule is CN(C)c1ccc(Nc2ccnc(C(=O)Nc3ccccc3F)c2)cc1. The highest BCUT2D eigenvalue weighted by Gasteiger charge is 2.11. The maximum absolute atomic E-state index is 13.7. The van der Waals surface area contributed by atoms with Crippen LogP contribution in [-0.2, 0) is 0 Å². The van der Waals surface area contributed by atoms with Gasteiger partial charge in [0, 0.05) is 37.4 Å². The minimum Gasteiger partial charge on any atom is -0.378 e. The van der Waals surface area contributed by atoms with Gasteiger partial charge in [0.05, 0.1) is 5.69 Å². The monoisotopic (exact) mass is 350 g/mol. The van der Waals surface area contributed by atoms with Crippen LogP contribution in [0, 0.1) is 5.82 Å². The molecule has 0 spiro atoms. The van der Waals surface area contributed by atoms with Gasteiger partial charge in [0.2, 0.25) is 0 Å². The van der Waals surface area contributed by atoms with Crippen molar-refractivity contribution in [2.24, 2.45) is 0 Å². The molecule has 132 valence electrons. The third-order valence-corrected chi connectivity index (χ3v) is 3.79. The Morgan fingerprint density at radius 3 is 2.42 bits per heavy atom. The summed E-state index contributed by atoms with van der Waals surface area (Å²) >= 11 is 0. The molecule has 0 unspecified atom stereocenters. The van der Waals surface area contributed by atoms with Gasteiger partial charge in [-0.25, -0.2) is 4.39 Å². The highest BCUT2D eigenvalue weighted by molar-refractivity contribution is 6.03. The fourth-order valence-electron chi connectivity index (χ4n) is 2.39. The van der Waals surface area contributed by atoms with E-state index in [1.165, 1.54) is 18.3 Å². The predicted octanol–water partition coefficient (Wildman–Crippen LogP) is 4.28. The van der Waals surface area contributed by atoms with Gasteiger partial charge in [0.1, 0.15) is 11.5 Å². The van der Waals surface area contributed by atoms with Crippen LogP contribution in [-0.4, -0.2) is 25.0 Å². The van der Waals surface area contributed by atoms with E-state index in [4.69, 9.17) is 0 Å². The van der Waals surface area contributed by atoms with Crippen molar-refractivity contribution in [2.75, 3.05) is 29.6 Å². The minimum atomic E-state index is -0.490. The third-order valence-electron chi connectivity index (χ3n) is 3.79. The van der Waals surface area contributed by atoms with Gasteiger partial charge in [-0.2, -0.15) is 0 Å². The number of aromatic nitrogens is 1. The van der Waals surface area contributed by atoms with Crippen LogP contribution in [0.4, 0.5) is 27.1 Å². The zero-order valence-corrected chi connectivity index (χ0v) is 14.5. The Kier molecular flexibility index (Phi) is 5.12. The summed E-state index contributed by atoms with van der Waals surface area (Å²) in [6, 6.07) is 17.3. The van der Waals surface area contributed by atoms with Crippen LogP contribution in [0.2, 0.25) is 0 Å². The van der Waals surface area contributed by atoms with Crippen molar-refractivity contribution in [3.05, 3.63) is 78.4 Å². The number of carbonyl (C=O) groups is 1. The first-order valence-corrected chi connectivity index (χ1v) is 8.09. The lowest BCUT2D eigenvalue weighted by atomic mass is 10.2. The molecule has 0 aliphatic rings. The Hall–Kier alpha value is -3.41. The lowest BCUT2D eigenvalue weighted by molar-refractivity contribution is 0.102. The maximum Gasteiger partial charge on any atom is 0.274 e. The molecule has 1 amide bonds. The molecule has 0 aliphatic heterocycles. The van der Waals surface area contributed by atoms with Gasteiger partial charge in [-0.05, 0) is 48.5 Å². The van der Waals surface area contributed by atoms with Crippen LogP contribution in [0.15, 0.2) is 66.9 Å². The molecule has 1 heterocycles. The average molecular weight is 350 g/mol. The molecule has 1 aromatic heterocycles. The summed E-state index contributed by atoms with van der Waals surface area (Å²) in [4.78, 5) is 18.4. The maximum atomic E-state index is 13.7. The molecule has 0 bridgehead atoms. The van der Waals surface area contributed by atoms with Crippen molar-refractivity contribution in [1.29, 1.82) is 0 Å². The molecule has 2 N–H and O–H groups in total. The van der Waals surface area contributed by atoms with E-state index in [2.05, 4.69) is 15.6 Å². The van der Waals surface area contributed by atoms with E-state index < -0.39 is 11.7 Å². The van der Waals surface area contributed by atoms with E-state index in [1.807, 2.05) is 43.3 Å². The molecule has 5 nitrogen and oxygen atoms in total. The summed E-state index contributed by atoms with van der Waals surface area (Å²) in [7, 11) is 3.96. The second kappa shape index (κ2) is 7.65. The van der Waals surface area contributed by atoms with E-state index in [0.717, 1.165) is 17.1 Å². The fraction of sp³-hybridized carbons (Fsp3) is 0.100. The van der Waals surface area contributed by atoms with Gasteiger partial charge in [-0.1, -0.05) is 12.1 Å². The topological polar surface area (TPSA) is 57.3 Å². The smallest absolute Gasteiger partial charge is 0.274 e. The van der Waals surface area contributed by atoms with E-state index in [-0.39, 0.29) is 11.4 Å². The molecule has 0 fully saturated rings. The van der Waals surface area contributed by atoms with Gasteiger partial charge in [-0.15, -0.1) is 0 Å². The van der Waals surface area contributed by atoms with Gasteiger partial charge in [-0.3, -0.25) is 9.78 Å². The Bertz CT molecular complexity index is 910. The summed E-state index contributed by atoms with van der Waals surface area (Å²) in [6.45, 7) is 0. The number of hydrogen-bond acceptors (Lipinski definition) is 4. The number of anilines is 4. The summed E-state index contributed by atoms with van der Waals surface area (Å²) in [5, 5.41) is 5.76. The quantitative estimate of drug-likeness (QED) is 0.721. The molecule has 26 heavy (non-hydrogen) atoms. The summed E-state index contributed by atoms with van der Waals surface area (Å²) < 4.78 is 13.7. The lowest BCUT2D eigenvalue weighted by Gasteiger charge is -2.13. The van der Waals surface area contributed by atoms with Crippen LogP contribution in [0.25, 0.3) is 0 Å². The average Bonchev–Trinajstić information content (AvgIpc) is 2.64. The fourth-order valence-corrected chi connectivity index (χ4v) is 2.39. The molecule has 6 heteroatoms. The largest absolute Gasteiger partial charge is 0.378 e. The number of amides is 1. The number of para-hydroxylation sites is 1. The number of nitrogens with one attached hydrogen (secondary N) is 2. The Morgan fingerprint density at radius 2 is 1.73 bits per heavy atom. The molecule has 0 atom stereocenters. The highest BCUT2D eigenvalue weighted by Crippen LogP contribution is 2.21. The number of rotatable bonds is 5.